The lowest BCUT2D eigenvalue weighted by Gasteiger charge is -2.01. The monoisotopic (exact) mass is 286 g/mol. The first-order valence-corrected chi connectivity index (χ1v) is 4.35. The summed E-state index contributed by atoms with van der Waals surface area (Å²) in [6, 6.07) is 2.94. The zero-order valence-corrected chi connectivity index (χ0v) is 8.36. The molecule has 1 aromatic carbocycles. The number of benzene rings is 1. The number of aliphatic hydroxyl groups excluding tert-OH is 1. The molecule has 0 saturated carbocycles. The minimum absolute atomic E-state index is 0.159. The van der Waals surface area contributed by atoms with E-state index in [0.717, 1.165) is 3.57 Å². The summed E-state index contributed by atoms with van der Waals surface area (Å²) in [5, 5.41) is 8.94. The van der Waals surface area contributed by atoms with Crippen LogP contribution in [0.4, 0.5) is 4.39 Å². The summed E-state index contributed by atoms with van der Waals surface area (Å²) in [6.07, 6.45) is 0. The topological polar surface area (TPSA) is 20.2 Å². The van der Waals surface area contributed by atoms with Crippen molar-refractivity contribution in [2.45, 2.75) is 6.61 Å². The third-order valence-corrected chi connectivity index (χ3v) is 2.22. The Kier molecular flexibility index (Phi) is 3.09. The summed E-state index contributed by atoms with van der Waals surface area (Å²) in [5.41, 5.74) is 0.159. The molecule has 0 radical (unpaired) electrons. The normalized spacial score (nSPS) is 10.2. The largest absolute Gasteiger partial charge is 0.392 e. The molecular weight excluding hydrogens is 281 g/mol. The van der Waals surface area contributed by atoms with E-state index in [-0.39, 0.29) is 17.2 Å². The van der Waals surface area contributed by atoms with Crippen LogP contribution in [0, 0.1) is 9.39 Å². The SMILES string of the molecule is OCc1c(F)cc(I)cc1Cl. The quantitative estimate of drug-likeness (QED) is 0.787. The molecule has 4 heteroatoms. The van der Waals surface area contributed by atoms with Crippen molar-refractivity contribution in [2.75, 3.05) is 0 Å². The molecule has 0 aliphatic rings. The van der Waals surface area contributed by atoms with Gasteiger partial charge in [0.1, 0.15) is 5.82 Å². The summed E-state index contributed by atoms with van der Waals surface area (Å²) < 4.78 is 13.6. The van der Waals surface area contributed by atoms with E-state index in [2.05, 4.69) is 0 Å². The predicted octanol–water partition coefficient (Wildman–Crippen LogP) is 2.58. The molecule has 0 aliphatic heterocycles. The van der Waals surface area contributed by atoms with Gasteiger partial charge in [0.05, 0.1) is 11.6 Å². The molecule has 0 spiro atoms. The summed E-state index contributed by atoms with van der Waals surface area (Å²) in [7, 11) is 0. The number of hydrogen-bond acceptors (Lipinski definition) is 1. The van der Waals surface area contributed by atoms with E-state index in [1.54, 1.807) is 6.07 Å². The van der Waals surface area contributed by atoms with Gasteiger partial charge in [-0.25, -0.2) is 4.39 Å². The maximum Gasteiger partial charge on any atom is 0.131 e. The predicted molar refractivity (Wildman–Crippen MR) is 50.0 cm³/mol. The minimum Gasteiger partial charge on any atom is -0.392 e. The fourth-order valence-corrected chi connectivity index (χ4v) is 1.76. The smallest absolute Gasteiger partial charge is 0.131 e. The van der Waals surface area contributed by atoms with Crippen LogP contribution in [0.3, 0.4) is 0 Å². The highest BCUT2D eigenvalue weighted by atomic mass is 127. The maximum absolute atomic E-state index is 12.9. The lowest BCUT2D eigenvalue weighted by molar-refractivity contribution is 0.276. The molecule has 1 aromatic rings. The molecule has 0 amide bonds. The van der Waals surface area contributed by atoms with Crippen molar-refractivity contribution >= 4 is 34.2 Å². The third-order valence-electron chi connectivity index (χ3n) is 1.26. The van der Waals surface area contributed by atoms with E-state index in [1.807, 2.05) is 22.6 Å². The summed E-state index contributed by atoms with van der Waals surface area (Å²) in [6.45, 7) is -0.360. The fraction of sp³-hybridized carbons (Fsp3) is 0.143. The summed E-state index contributed by atoms with van der Waals surface area (Å²) >= 11 is 7.59. The highest BCUT2D eigenvalue weighted by molar-refractivity contribution is 14.1. The third kappa shape index (κ3) is 2.04. The lowest BCUT2D eigenvalue weighted by Crippen LogP contribution is -1.91. The molecule has 60 valence electrons. The molecule has 1 rings (SSSR count). The first-order chi connectivity index (χ1) is 5.15. The zero-order valence-electron chi connectivity index (χ0n) is 5.44. The summed E-state index contributed by atoms with van der Waals surface area (Å²) in [4.78, 5) is 0. The van der Waals surface area contributed by atoms with Gasteiger partial charge < -0.3 is 5.11 Å². The Morgan fingerprint density at radius 3 is 2.64 bits per heavy atom. The molecule has 0 aliphatic carbocycles. The lowest BCUT2D eigenvalue weighted by atomic mass is 10.2. The van der Waals surface area contributed by atoms with E-state index >= 15 is 0 Å². The van der Waals surface area contributed by atoms with Crippen LogP contribution in [0.1, 0.15) is 5.56 Å². The van der Waals surface area contributed by atoms with Crippen molar-refractivity contribution in [3.63, 3.8) is 0 Å². The van der Waals surface area contributed by atoms with Crippen molar-refractivity contribution in [2.24, 2.45) is 0 Å². The van der Waals surface area contributed by atoms with Crippen LogP contribution in [-0.2, 0) is 6.61 Å². The number of rotatable bonds is 1. The Balaban J connectivity index is 3.25. The van der Waals surface area contributed by atoms with E-state index in [0.29, 0.717) is 0 Å². The van der Waals surface area contributed by atoms with Gasteiger partial charge in [-0.15, -0.1) is 0 Å². The van der Waals surface area contributed by atoms with Crippen molar-refractivity contribution in [3.05, 3.63) is 32.1 Å². The van der Waals surface area contributed by atoms with E-state index in [9.17, 15) is 4.39 Å². The van der Waals surface area contributed by atoms with E-state index in [1.165, 1.54) is 6.07 Å². The Hall–Kier alpha value is 0.130. The van der Waals surface area contributed by atoms with Gasteiger partial charge in [-0.2, -0.15) is 0 Å². The number of halogens is 3. The van der Waals surface area contributed by atoms with Crippen molar-refractivity contribution in [1.29, 1.82) is 0 Å². The van der Waals surface area contributed by atoms with Gasteiger partial charge in [-0.05, 0) is 34.7 Å². The highest BCUT2D eigenvalue weighted by Gasteiger charge is 2.06. The van der Waals surface area contributed by atoms with Gasteiger partial charge in [0, 0.05) is 9.13 Å². The van der Waals surface area contributed by atoms with Gasteiger partial charge >= 0.3 is 0 Å². The fourth-order valence-electron chi connectivity index (χ4n) is 0.723. The number of hydrogen-bond donors (Lipinski definition) is 1. The second-order valence-electron chi connectivity index (χ2n) is 2.01. The zero-order chi connectivity index (χ0) is 8.43. The van der Waals surface area contributed by atoms with E-state index < -0.39 is 5.82 Å². The van der Waals surface area contributed by atoms with Gasteiger partial charge in [0.25, 0.3) is 0 Å². The van der Waals surface area contributed by atoms with Crippen LogP contribution in [-0.4, -0.2) is 5.11 Å². The molecule has 1 nitrogen and oxygen atoms in total. The van der Waals surface area contributed by atoms with Crippen LogP contribution < -0.4 is 0 Å². The highest BCUT2D eigenvalue weighted by Crippen LogP contribution is 2.22. The summed E-state index contributed by atoms with van der Waals surface area (Å²) in [5.74, 6) is -0.454. The first-order valence-electron chi connectivity index (χ1n) is 2.89. The Morgan fingerprint density at radius 2 is 2.18 bits per heavy atom. The van der Waals surface area contributed by atoms with Crippen molar-refractivity contribution < 1.29 is 9.50 Å². The average molecular weight is 286 g/mol. The van der Waals surface area contributed by atoms with E-state index in [4.69, 9.17) is 16.7 Å². The maximum atomic E-state index is 12.9. The van der Waals surface area contributed by atoms with Crippen LogP contribution in [0.5, 0.6) is 0 Å². The first kappa shape index (κ1) is 9.22. The van der Waals surface area contributed by atoms with Crippen LogP contribution >= 0.6 is 34.2 Å². The second kappa shape index (κ2) is 3.69. The second-order valence-corrected chi connectivity index (χ2v) is 3.66. The van der Waals surface area contributed by atoms with Gasteiger partial charge in [0.2, 0.25) is 0 Å². The van der Waals surface area contributed by atoms with Crippen molar-refractivity contribution in [3.8, 4) is 0 Å². The standard InChI is InChI=1S/C7H5ClFIO/c8-6-1-4(10)2-7(9)5(6)3-11/h1-2,11H,3H2. The molecule has 0 aromatic heterocycles. The minimum atomic E-state index is -0.454. The van der Waals surface area contributed by atoms with Crippen molar-refractivity contribution in [1.82, 2.24) is 0 Å². The molecule has 0 unspecified atom stereocenters. The van der Waals surface area contributed by atoms with Crippen LogP contribution in [0.2, 0.25) is 5.02 Å². The molecular formula is C7H5ClFIO. The van der Waals surface area contributed by atoms with Crippen LogP contribution in [0.15, 0.2) is 12.1 Å². The van der Waals surface area contributed by atoms with Gasteiger partial charge in [0.15, 0.2) is 0 Å². The Labute approximate surface area is 82.3 Å². The molecule has 11 heavy (non-hydrogen) atoms. The number of aliphatic hydroxyl groups is 1. The van der Waals surface area contributed by atoms with Gasteiger partial charge in [-0.1, -0.05) is 11.6 Å². The van der Waals surface area contributed by atoms with Crippen LogP contribution in [0.25, 0.3) is 0 Å². The molecule has 0 bridgehead atoms. The Bertz CT molecular complexity index is 254. The molecule has 1 N–H and O–H groups in total. The molecule has 0 saturated heterocycles. The molecule has 0 heterocycles. The average Bonchev–Trinajstić information content (AvgIpc) is 1.85. The molecule has 0 atom stereocenters. The molecule has 0 fully saturated rings. The Morgan fingerprint density at radius 1 is 1.55 bits per heavy atom. The van der Waals surface area contributed by atoms with Gasteiger partial charge in [-0.3, -0.25) is 0 Å².